The van der Waals surface area contributed by atoms with Crippen molar-refractivity contribution in [1.82, 2.24) is 0 Å². The largest absolute Gasteiger partial charge is 0.396 e. The number of carbonyl (C=O) groups excluding carboxylic acids is 2. The smallest absolute Gasteiger partial charge is 0.158 e. The lowest BCUT2D eigenvalue weighted by molar-refractivity contribution is -0.117. The zero-order chi connectivity index (χ0) is 38.5. The summed E-state index contributed by atoms with van der Waals surface area (Å²) in [5.41, 5.74) is 5.47. The molecule has 2 aliphatic carbocycles. The molecular formula is C48H88O4. The fourth-order valence-electron chi connectivity index (χ4n) is 8.65. The minimum absolute atomic E-state index is 0.232. The van der Waals surface area contributed by atoms with Crippen LogP contribution in [0.2, 0.25) is 0 Å². The molecule has 0 unspecified atom stereocenters. The van der Waals surface area contributed by atoms with E-state index in [-0.39, 0.29) is 10.8 Å². The van der Waals surface area contributed by atoms with Crippen LogP contribution in [0.3, 0.4) is 0 Å². The van der Waals surface area contributed by atoms with E-state index in [1.54, 1.807) is 0 Å². The SMILES string of the molecule is CC1=C(CCCCCCCCCCCCCCCO)C(C)(C)CCC1=O.CC1=C(CCCCCCCCCCCCCCCO)C(C)(C)CCC1=O. The van der Waals surface area contributed by atoms with E-state index in [0.717, 1.165) is 62.5 Å². The van der Waals surface area contributed by atoms with Gasteiger partial charge in [0, 0.05) is 26.1 Å². The Bertz CT molecular complexity index is 920. The standard InChI is InChI=1S/2C24H44O2/c2*1-21-22(24(2,3)19-18-23(21)26)17-15-13-11-9-7-5-4-6-8-10-12-14-16-20-25/h2*25H,4-20H2,1-3H3. The number of unbranched alkanes of at least 4 members (excludes halogenated alkanes) is 24. The van der Waals surface area contributed by atoms with Gasteiger partial charge in [-0.3, -0.25) is 9.59 Å². The Morgan fingerprint density at radius 1 is 0.385 bits per heavy atom. The first-order valence-electron chi connectivity index (χ1n) is 22.7. The van der Waals surface area contributed by atoms with E-state index in [1.165, 1.54) is 165 Å². The predicted molar refractivity (Wildman–Crippen MR) is 225 cm³/mol. The van der Waals surface area contributed by atoms with Gasteiger partial charge in [-0.25, -0.2) is 0 Å². The van der Waals surface area contributed by atoms with Crippen LogP contribution in [0, 0.1) is 10.8 Å². The number of carbonyl (C=O) groups is 2. The molecule has 0 aromatic rings. The van der Waals surface area contributed by atoms with Crippen LogP contribution in [0.5, 0.6) is 0 Å². The van der Waals surface area contributed by atoms with Crippen LogP contribution in [0.4, 0.5) is 0 Å². The number of rotatable bonds is 30. The van der Waals surface area contributed by atoms with Gasteiger partial charge < -0.3 is 10.2 Å². The minimum atomic E-state index is 0.232. The fourth-order valence-corrected chi connectivity index (χ4v) is 8.65. The maximum absolute atomic E-state index is 12.0. The summed E-state index contributed by atoms with van der Waals surface area (Å²) in [6, 6.07) is 0. The molecule has 0 bridgehead atoms. The molecule has 0 aromatic carbocycles. The van der Waals surface area contributed by atoms with E-state index in [0.29, 0.717) is 24.8 Å². The van der Waals surface area contributed by atoms with E-state index >= 15 is 0 Å². The van der Waals surface area contributed by atoms with Crippen LogP contribution in [-0.4, -0.2) is 35.0 Å². The van der Waals surface area contributed by atoms with Gasteiger partial charge in [0.25, 0.3) is 0 Å². The normalized spacial score (nSPS) is 17.2. The van der Waals surface area contributed by atoms with E-state index < -0.39 is 0 Å². The molecule has 2 aliphatic rings. The molecule has 0 saturated carbocycles. The second-order valence-electron chi connectivity index (χ2n) is 18.0. The molecule has 0 fully saturated rings. The lowest BCUT2D eigenvalue weighted by Crippen LogP contribution is -2.25. The van der Waals surface area contributed by atoms with Gasteiger partial charge in [0.15, 0.2) is 11.6 Å². The highest BCUT2D eigenvalue weighted by atomic mass is 16.3. The van der Waals surface area contributed by atoms with Gasteiger partial charge in [-0.05, 0) is 87.2 Å². The van der Waals surface area contributed by atoms with Gasteiger partial charge >= 0.3 is 0 Å². The van der Waals surface area contributed by atoms with Crippen LogP contribution in [0.25, 0.3) is 0 Å². The van der Waals surface area contributed by atoms with Gasteiger partial charge in [0.05, 0.1) is 0 Å². The molecule has 304 valence electrons. The molecule has 2 N–H and O–H groups in total. The van der Waals surface area contributed by atoms with Crippen molar-refractivity contribution in [2.45, 2.75) is 247 Å². The Labute approximate surface area is 323 Å². The predicted octanol–water partition coefficient (Wildman–Crippen LogP) is 14.3. The minimum Gasteiger partial charge on any atom is -0.396 e. The first-order valence-corrected chi connectivity index (χ1v) is 22.7. The topological polar surface area (TPSA) is 74.6 Å². The molecule has 0 aliphatic heterocycles. The molecule has 0 saturated heterocycles. The third-order valence-electron chi connectivity index (χ3n) is 12.5. The van der Waals surface area contributed by atoms with Crippen molar-refractivity contribution in [3.63, 3.8) is 0 Å². The molecule has 4 heteroatoms. The summed E-state index contributed by atoms with van der Waals surface area (Å²) in [6.07, 6.45) is 39.8. The number of aliphatic hydroxyl groups excluding tert-OH is 2. The third kappa shape index (κ3) is 22.2. The summed E-state index contributed by atoms with van der Waals surface area (Å²) in [4.78, 5) is 23.9. The number of allylic oxidation sites excluding steroid dienone is 4. The summed E-state index contributed by atoms with van der Waals surface area (Å²) in [6.45, 7) is 14.0. The van der Waals surface area contributed by atoms with Crippen molar-refractivity contribution in [2.24, 2.45) is 10.8 Å². The summed E-state index contributed by atoms with van der Waals surface area (Å²) in [5.74, 6) is 0.764. The highest BCUT2D eigenvalue weighted by molar-refractivity contribution is 5.97. The molecule has 2 rings (SSSR count). The Morgan fingerprint density at radius 3 is 0.827 bits per heavy atom. The summed E-state index contributed by atoms with van der Waals surface area (Å²) in [5, 5.41) is 17.5. The van der Waals surface area contributed by atoms with Gasteiger partial charge in [-0.15, -0.1) is 0 Å². The third-order valence-corrected chi connectivity index (χ3v) is 12.5. The first-order chi connectivity index (χ1) is 25.0. The molecule has 4 nitrogen and oxygen atoms in total. The highest BCUT2D eigenvalue weighted by Crippen LogP contribution is 2.42. The van der Waals surface area contributed by atoms with E-state index in [1.807, 2.05) is 13.8 Å². The van der Waals surface area contributed by atoms with Gasteiger partial charge in [-0.2, -0.15) is 0 Å². The Balaban J connectivity index is 0.000000520. The second-order valence-corrected chi connectivity index (χ2v) is 18.0. The lowest BCUT2D eigenvalue weighted by atomic mass is 9.70. The average Bonchev–Trinajstić information content (AvgIpc) is 3.11. The number of aliphatic hydroxyl groups is 2. The molecule has 0 heterocycles. The number of hydrogen-bond acceptors (Lipinski definition) is 4. The first kappa shape index (κ1) is 48.8. The highest BCUT2D eigenvalue weighted by Gasteiger charge is 2.32. The van der Waals surface area contributed by atoms with Crippen molar-refractivity contribution in [3.8, 4) is 0 Å². The average molecular weight is 729 g/mol. The van der Waals surface area contributed by atoms with Gasteiger partial charge in [-0.1, -0.05) is 180 Å². The summed E-state index contributed by atoms with van der Waals surface area (Å²) >= 11 is 0. The van der Waals surface area contributed by atoms with Crippen molar-refractivity contribution in [2.75, 3.05) is 13.2 Å². The number of ketones is 2. The molecule has 0 aromatic heterocycles. The van der Waals surface area contributed by atoms with Crippen molar-refractivity contribution >= 4 is 11.6 Å². The maximum atomic E-state index is 12.0. The van der Waals surface area contributed by atoms with E-state index in [9.17, 15) is 9.59 Å². The van der Waals surface area contributed by atoms with E-state index in [4.69, 9.17) is 10.2 Å². The van der Waals surface area contributed by atoms with Crippen LogP contribution in [0.1, 0.15) is 247 Å². The zero-order valence-corrected chi connectivity index (χ0v) is 35.8. The van der Waals surface area contributed by atoms with Crippen LogP contribution in [-0.2, 0) is 9.59 Å². The molecule has 52 heavy (non-hydrogen) atoms. The Hall–Kier alpha value is -1.26. The molecule has 0 radical (unpaired) electrons. The van der Waals surface area contributed by atoms with Crippen molar-refractivity contribution in [1.29, 1.82) is 0 Å². The lowest BCUT2D eigenvalue weighted by Gasteiger charge is -2.34. The molecular weight excluding hydrogens is 641 g/mol. The van der Waals surface area contributed by atoms with Crippen LogP contribution in [0.15, 0.2) is 22.3 Å². The molecule has 0 spiro atoms. The fraction of sp³-hybridized carbons (Fsp3) is 0.875. The zero-order valence-electron chi connectivity index (χ0n) is 35.8. The molecule has 0 amide bonds. The van der Waals surface area contributed by atoms with Crippen LogP contribution < -0.4 is 0 Å². The van der Waals surface area contributed by atoms with E-state index in [2.05, 4.69) is 27.7 Å². The summed E-state index contributed by atoms with van der Waals surface area (Å²) < 4.78 is 0. The van der Waals surface area contributed by atoms with Gasteiger partial charge in [0.2, 0.25) is 0 Å². The second kappa shape index (κ2) is 30.0. The van der Waals surface area contributed by atoms with Crippen molar-refractivity contribution in [3.05, 3.63) is 22.3 Å². The quantitative estimate of drug-likeness (QED) is 0.0722. The Kier molecular flexibility index (Phi) is 28.1. The summed E-state index contributed by atoms with van der Waals surface area (Å²) in [7, 11) is 0. The molecule has 0 atom stereocenters. The Morgan fingerprint density at radius 2 is 0.596 bits per heavy atom. The van der Waals surface area contributed by atoms with Crippen LogP contribution >= 0.6 is 0 Å². The van der Waals surface area contributed by atoms with Gasteiger partial charge in [0.1, 0.15) is 0 Å². The number of hydrogen-bond donors (Lipinski definition) is 2. The number of Topliss-reactive ketones (excluding diaryl/α,β-unsaturated/α-hetero) is 2. The van der Waals surface area contributed by atoms with Crippen molar-refractivity contribution < 1.29 is 19.8 Å². The maximum Gasteiger partial charge on any atom is 0.158 e. The monoisotopic (exact) mass is 729 g/mol.